The van der Waals surface area contributed by atoms with Crippen molar-refractivity contribution in [3.05, 3.63) is 23.3 Å². The summed E-state index contributed by atoms with van der Waals surface area (Å²) in [4.78, 5) is 51.0. The number of carbonyl (C=O) groups is 3. The van der Waals surface area contributed by atoms with Gasteiger partial charge in [0.25, 0.3) is 11.7 Å². The fourth-order valence-electron chi connectivity index (χ4n) is 10.9. The Labute approximate surface area is 703 Å². The summed E-state index contributed by atoms with van der Waals surface area (Å²) in [6, 6.07) is -1.12. The van der Waals surface area contributed by atoms with E-state index in [1.807, 2.05) is 26.8 Å². The first-order chi connectivity index (χ1) is 54.3. The van der Waals surface area contributed by atoms with E-state index in [0.717, 1.165) is 12.0 Å². The third-order valence-electron chi connectivity index (χ3n) is 16.0. The number of aliphatic hydroxyl groups excluding tert-OH is 3. The third kappa shape index (κ3) is 40.4. The number of aliphatic hydroxyl groups is 4. The zero-order valence-electron chi connectivity index (χ0n) is 62.8. The number of ether oxygens (including phenoxy) is 5. The summed E-state index contributed by atoms with van der Waals surface area (Å²) in [5.74, 6) is 94.9. The number of cyclic esters (lactones) is 1. The van der Waals surface area contributed by atoms with Gasteiger partial charge < -0.3 is 49.0 Å². The van der Waals surface area contributed by atoms with E-state index in [9.17, 15) is 34.8 Å². The third-order valence-corrected chi connectivity index (χ3v) is 16.0. The number of carbonyl (C=O) groups excluding carboxylic acids is 3. The number of fused-ring (bicyclic) bond motifs is 3. The van der Waals surface area contributed by atoms with Gasteiger partial charge in [0.2, 0.25) is 5.79 Å². The van der Waals surface area contributed by atoms with Crippen LogP contribution in [0.25, 0.3) is 0 Å². The molecule has 4 rings (SSSR count). The van der Waals surface area contributed by atoms with Crippen LogP contribution in [0.5, 0.6) is 0 Å². The molecule has 2 bridgehead atoms. The number of nitrogens with zero attached hydrogens (tertiary/aromatic N) is 1. The van der Waals surface area contributed by atoms with Gasteiger partial charge in [0.1, 0.15) is 18.2 Å². The van der Waals surface area contributed by atoms with Crippen molar-refractivity contribution in [3.63, 3.8) is 0 Å². The maximum Gasteiger partial charge on any atom is 0.329 e. The molecule has 0 radical (unpaired) electrons. The van der Waals surface area contributed by atoms with Crippen LogP contribution in [0.4, 0.5) is 0 Å². The van der Waals surface area contributed by atoms with Gasteiger partial charge in [0.05, 0.1) is 36.6 Å². The average Bonchev–Trinajstić information content (AvgIpc) is 0.939. The minimum atomic E-state index is -2.48. The van der Waals surface area contributed by atoms with Crippen molar-refractivity contribution in [3.8, 4) is 249 Å². The summed E-state index contributed by atoms with van der Waals surface area (Å²) in [7, 11) is 4.67. The Morgan fingerprint density at radius 1 is 0.607 bits per heavy atom. The number of terminal acetylenes is 1. The van der Waals surface area contributed by atoms with E-state index in [-0.39, 0.29) is 96.7 Å². The Balaban J connectivity index is -0.0000000439. The first-order valence-electron chi connectivity index (χ1n) is 33.8. The van der Waals surface area contributed by atoms with Gasteiger partial charge in [-0.15, -0.1) is 6.42 Å². The van der Waals surface area contributed by atoms with E-state index >= 15 is 0 Å². The van der Waals surface area contributed by atoms with E-state index < -0.39 is 84.1 Å². The molecule has 3 aliphatic heterocycles. The summed E-state index contributed by atoms with van der Waals surface area (Å²) < 4.78 is 29.7. The fraction of sp³-hybridized carbons (Fsp3) is 0.430. The Hall–Kier alpha value is -12.0. The average molecular weight is 1590 g/mol. The van der Waals surface area contributed by atoms with E-state index in [1.54, 1.807) is 42.1 Å². The second-order valence-corrected chi connectivity index (χ2v) is 23.4. The van der Waals surface area contributed by atoms with Gasteiger partial charge in [-0.25, -0.2) is 15.3 Å². The lowest BCUT2D eigenvalue weighted by Gasteiger charge is -2.47. The molecule has 3 heterocycles. The smallest absolute Gasteiger partial charge is 0.329 e. The highest BCUT2D eigenvalue weighted by molar-refractivity contribution is 6.39. The second-order valence-electron chi connectivity index (χ2n) is 23.4. The zero-order valence-corrected chi connectivity index (χ0v) is 62.8. The van der Waals surface area contributed by atoms with Crippen molar-refractivity contribution < 1.29 is 166 Å². The largest absolute Gasteiger partial charge is 0.460 e. The highest BCUT2D eigenvalue weighted by Gasteiger charge is 2.57. The molecule has 1 saturated carbocycles. The number of esters is 1. The number of amides is 1. The lowest BCUT2D eigenvalue weighted by atomic mass is 9.81. The topological polar surface area (TPSA) is 326 Å². The number of ketones is 1. The van der Waals surface area contributed by atoms with Gasteiger partial charge in [-0.05, 0) is 243 Å². The molecule has 0 aromatic heterocycles. The number of allylic oxidation sites excluding steroid dienone is 2. The van der Waals surface area contributed by atoms with E-state index in [4.69, 9.17) is 40.6 Å². The summed E-state index contributed by atoms with van der Waals surface area (Å²) in [5.41, 5.74) is 3.12. The molecule has 26 heteroatoms. The van der Waals surface area contributed by atoms with Crippen LogP contribution in [-0.2, 0) is 88.4 Å². The van der Waals surface area contributed by atoms with E-state index in [2.05, 4.69) is 306 Å². The first-order valence-corrected chi connectivity index (χ1v) is 33.8. The number of rotatable bonds is 18. The second kappa shape index (κ2) is 60.9. The van der Waals surface area contributed by atoms with Crippen molar-refractivity contribution >= 4 is 17.7 Å². The van der Waals surface area contributed by atoms with Crippen LogP contribution in [0.15, 0.2) is 23.3 Å². The highest BCUT2D eigenvalue weighted by atomic mass is 17.9. The lowest BCUT2D eigenvalue weighted by Crippen LogP contribution is -2.64. The first kappa shape index (κ1) is 96.1. The van der Waals surface area contributed by atoms with Crippen LogP contribution >= 0.6 is 0 Å². The molecule has 4 aliphatic rings. The maximum atomic E-state index is 14.2. The molecule has 3 fully saturated rings. The Morgan fingerprint density at radius 2 is 1.04 bits per heavy atom. The van der Waals surface area contributed by atoms with Crippen LogP contribution in [0, 0.1) is 279 Å². The molecule has 26 nitrogen and oxygen atoms in total. The van der Waals surface area contributed by atoms with Crippen LogP contribution in [0.2, 0.25) is 0 Å². The fourth-order valence-corrected chi connectivity index (χ4v) is 10.9. The Bertz CT molecular complexity index is 4800. The number of methoxy groups -OCH3 is 3. The molecule has 112 heavy (non-hydrogen) atoms. The molecule has 0 unspecified atom stereocenters. The quantitative estimate of drug-likeness (QED) is 0.0127. The molecule has 1 aliphatic carbocycles. The van der Waals surface area contributed by atoms with Crippen molar-refractivity contribution in [1.29, 1.82) is 0 Å². The Kier molecular flexibility index (Phi) is 52.2. The number of hydrogen-bond donors (Lipinski definition) is 7. The van der Waals surface area contributed by atoms with Crippen molar-refractivity contribution in [1.82, 2.24) is 10.5 Å². The monoisotopic (exact) mass is 1590 g/mol. The molecule has 0 aromatic rings. The summed E-state index contributed by atoms with van der Waals surface area (Å²) in [6.07, 6.45) is 8.70. The minimum absolute atomic E-state index is 0. The molecule has 7 N–H and O–H groups in total. The SMILES string of the molecule is C#CC#CC#CC#CC#CC#CC#CC#CC#CC#CC#CC#CC#CC#CC#CC#CC#CC#CC#CC#CC#CC.CC[C@@H]1/C=C(\C)C[C@H](C)C[C@H](OC)[C@H]2O[C@@](O)(C(=O)C(=O)N3CCCC[C@H]3C(=O)O[C@H]([C@@H](C)[C@H](O)/C(C)=C/[C@@H]3CC[C@@H](O)[C@H](OC)C3)C[C@H]1O)[C@H](C)C[C@@H]2OC.OOOOOONOOOOOO.[HH].[HH].[HH].[HH].[HH].[HH].[HH].[HH].[HH].[HH].[HH].[HH].[HH].[HH].[HH].[HH].[HH].[HH].[HH].[HH].[HH].[HH].[HH].[HH].[HH].[HH].[HH].[HH].[HH].[HH].[HH].[HH].[HH]. The molecular formula is C86H144N2O24. The molecule has 0 spiro atoms. The van der Waals surface area contributed by atoms with Crippen molar-refractivity contribution in [2.75, 3.05) is 27.9 Å². The maximum absolute atomic E-state index is 14.2. The summed E-state index contributed by atoms with van der Waals surface area (Å²) in [6.45, 7) is 13.1. The van der Waals surface area contributed by atoms with Gasteiger partial charge in [-0.1, -0.05) is 61.3 Å². The standard InChI is InChI=1S/C43H71NO12.C43H4.H3NO12.33H2/c1-10-30-18-24(2)17-25(3)19-36(53-8)39-37(54-9)21-27(5)43(51,56-39)40(48)41(49)44-16-12-11-13-31(44)42(50)55-34(23-33(30)46)28(6)38(47)26(4)20-29-14-15-32(45)35(22-29)52-7;1-3-5-7-9-11-13-15-17-19-21-23-25-27-29-31-33-35-37-39-41-43-42-40-38-36-34-32-30-28-26-24-22-20-18-16-14-12-10-8-6-4-2;2-6-10-12-8-4-1-5-9-13-11-7-3;;;;;;;;;;;;;;;;;;;;;;;;;;;;;;;;;/h18,20,25,27-39,45-47,51H,10-17,19,21-23H2,1-9H3;1H,2H3;1-3H;33*1H/b24-18+,26-20+;;;;;;;;;;;;;;;;;;;;;;;;;;;;;;;;;;;/t25-,27+,28+,29-,30+,31-,32+,33+,34-,35+,36-,37-,38+,39+,43+;;;;;;;;;;;;;;;;;;;;;;;;;;;;;;;;;;;/m0.................................../s1. The highest BCUT2D eigenvalue weighted by Crippen LogP contribution is 2.39. The zero-order chi connectivity index (χ0) is 82.3. The molecule has 642 valence electrons. The summed E-state index contributed by atoms with van der Waals surface area (Å²) >= 11 is 0. The van der Waals surface area contributed by atoms with E-state index in [1.165, 1.54) is 10.5 Å². The van der Waals surface area contributed by atoms with Crippen LogP contribution in [0.3, 0.4) is 0 Å². The number of hydrogen-bond acceptors (Lipinski definition) is 25. The van der Waals surface area contributed by atoms with Gasteiger partial charge in [0, 0.05) is 241 Å². The van der Waals surface area contributed by atoms with Crippen molar-refractivity contribution in [2.45, 2.75) is 180 Å². The molecular weight excluding hydrogens is 1440 g/mol. The molecule has 2 saturated heterocycles. The number of piperidine rings is 1. The lowest BCUT2D eigenvalue weighted by molar-refractivity contribution is -0.792. The Morgan fingerprint density at radius 3 is 1.45 bits per heavy atom. The van der Waals surface area contributed by atoms with Crippen LogP contribution in [-0.4, -0.2) is 142 Å². The molecule has 1 amide bonds. The number of nitrogens with one attached hydrogen (secondary N) is 1. The van der Waals surface area contributed by atoms with Crippen LogP contribution < -0.4 is 5.64 Å². The normalized spacial score (nSPS) is 23.2. The van der Waals surface area contributed by atoms with Gasteiger partial charge in [0.15, 0.2) is 0 Å². The van der Waals surface area contributed by atoms with E-state index in [0.29, 0.717) is 50.5 Å². The van der Waals surface area contributed by atoms with Crippen LogP contribution in [0.1, 0.15) is 166 Å². The minimum Gasteiger partial charge on any atom is -0.460 e. The predicted octanol–water partition coefficient (Wildman–Crippen LogP) is 11.9. The van der Waals surface area contributed by atoms with Crippen molar-refractivity contribution in [2.24, 2.45) is 29.6 Å². The molecule has 15 atom stereocenters. The summed E-state index contributed by atoms with van der Waals surface area (Å²) in [5, 5.41) is 86.7. The molecule has 0 aromatic carbocycles. The van der Waals surface area contributed by atoms with Gasteiger partial charge in [-0.3, -0.25) is 9.59 Å². The number of Topliss-reactive ketones (excluding diaryl/α,β-unsaturated/α-hetero) is 1. The van der Waals surface area contributed by atoms with Gasteiger partial charge >= 0.3 is 5.97 Å². The predicted molar refractivity (Wildman–Crippen MR) is 468 cm³/mol. The van der Waals surface area contributed by atoms with Gasteiger partial charge in [-0.2, -0.15) is 0 Å².